The highest BCUT2D eigenvalue weighted by Crippen LogP contribution is 2.18. The molecule has 0 aliphatic heterocycles. The van der Waals surface area contributed by atoms with Crippen molar-refractivity contribution in [2.45, 2.75) is 44.7 Å². The van der Waals surface area contributed by atoms with Gasteiger partial charge in [-0.2, -0.15) is 4.72 Å². The van der Waals surface area contributed by atoms with Crippen LogP contribution in [0, 0.1) is 6.92 Å². The minimum atomic E-state index is -3.76. The summed E-state index contributed by atoms with van der Waals surface area (Å²) >= 11 is 0. The summed E-state index contributed by atoms with van der Waals surface area (Å²) in [6.45, 7) is 7.74. The van der Waals surface area contributed by atoms with Crippen molar-refractivity contribution in [3.05, 3.63) is 59.7 Å². The maximum absolute atomic E-state index is 12.4. The van der Waals surface area contributed by atoms with Crippen molar-refractivity contribution in [1.82, 2.24) is 10.0 Å². The summed E-state index contributed by atoms with van der Waals surface area (Å²) in [5.74, 6) is 0.367. The van der Waals surface area contributed by atoms with Crippen LogP contribution in [0.4, 0.5) is 0 Å². The minimum Gasteiger partial charge on any atom is -0.494 e. The van der Waals surface area contributed by atoms with Crippen LogP contribution in [0.25, 0.3) is 0 Å². The lowest BCUT2D eigenvalue weighted by atomic mass is 10.1. The molecule has 2 unspecified atom stereocenters. The largest absolute Gasteiger partial charge is 0.494 e. The van der Waals surface area contributed by atoms with Gasteiger partial charge in [-0.25, -0.2) is 8.42 Å². The lowest BCUT2D eigenvalue weighted by molar-refractivity contribution is -0.123. The van der Waals surface area contributed by atoms with Crippen molar-refractivity contribution in [3.8, 4) is 5.75 Å². The Morgan fingerprint density at radius 3 is 2.19 bits per heavy atom. The predicted molar refractivity (Wildman–Crippen MR) is 105 cm³/mol. The van der Waals surface area contributed by atoms with Gasteiger partial charge in [0.25, 0.3) is 0 Å². The van der Waals surface area contributed by atoms with Crippen LogP contribution in [0.5, 0.6) is 5.75 Å². The highest BCUT2D eigenvalue weighted by atomic mass is 32.2. The van der Waals surface area contributed by atoms with Gasteiger partial charge in [-0.1, -0.05) is 29.8 Å². The number of carbonyl (C=O) groups excluding carboxylic acids is 1. The number of hydrogen-bond donors (Lipinski definition) is 2. The van der Waals surface area contributed by atoms with E-state index in [1.807, 2.05) is 45.0 Å². The van der Waals surface area contributed by atoms with Gasteiger partial charge in [0.15, 0.2) is 0 Å². The molecule has 0 saturated carbocycles. The molecule has 1 amide bonds. The second kappa shape index (κ2) is 9.01. The first-order chi connectivity index (χ1) is 12.7. The molecule has 2 aromatic carbocycles. The van der Waals surface area contributed by atoms with Gasteiger partial charge in [0.1, 0.15) is 5.75 Å². The number of sulfonamides is 1. The second-order valence-corrected chi connectivity index (χ2v) is 8.10. The Morgan fingerprint density at radius 2 is 1.63 bits per heavy atom. The summed E-state index contributed by atoms with van der Waals surface area (Å²) in [6, 6.07) is 12.7. The van der Waals surface area contributed by atoms with Crippen LogP contribution >= 0.6 is 0 Å². The molecular weight excluding hydrogens is 364 g/mol. The van der Waals surface area contributed by atoms with Gasteiger partial charge in [0.05, 0.1) is 23.6 Å². The number of amides is 1. The molecule has 6 nitrogen and oxygen atoms in total. The molecule has 0 aliphatic rings. The van der Waals surface area contributed by atoms with E-state index in [-0.39, 0.29) is 10.9 Å². The molecular formula is C20H26N2O4S. The van der Waals surface area contributed by atoms with E-state index in [0.717, 1.165) is 16.9 Å². The smallest absolute Gasteiger partial charge is 0.241 e. The van der Waals surface area contributed by atoms with Gasteiger partial charge in [-0.15, -0.1) is 0 Å². The number of nitrogens with one attached hydrogen (secondary N) is 2. The monoisotopic (exact) mass is 390 g/mol. The van der Waals surface area contributed by atoms with Gasteiger partial charge in [-0.3, -0.25) is 4.79 Å². The van der Waals surface area contributed by atoms with E-state index in [9.17, 15) is 13.2 Å². The van der Waals surface area contributed by atoms with E-state index in [4.69, 9.17) is 4.74 Å². The second-order valence-electron chi connectivity index (χ2n) is 6.39. The van der Waals surface area contributed by atoms with E-state index in [1.165, 1.54) is 19.1 Å². The quantitative estimate of drug-likeness (QED) is 0.726. The standard InChI is InChI=1S/C20H26N2O4S/c1-5-26-18-10-8-17(9-11-18)15(3)21-20(23)16(4)22-27(24,25)19-12-6-14(2)7-13-19/h6-13,15-16,22H,5H2,1-4H3,(H,21,23). The topological polar surface area (TPSA) is 84.5 Å². The van der Waals surface area contributed by atoms with E-state index >= 15 is 0 Å². The van der Waals surface area contributed by atoms with Crippen LogP contribution < -0.4 is 14.8 Å². The van der Waals surface area contributed by atoms with E-state index in [1.54, 1.807) is 12.1 Å². The molecule has 27 heavy (non-hydrogen) atoms. The lowest BCUT2D eigenvalue weighted by Crippen LogP contribution is -2.45. The molecule has 2 N–H and O–H groups in total. The van der Waals surface area contributed by atoms with Crippen LogP contribution in [-0.2, 0) is 14.8 Å². The highest BCUT2D eigenvalue weighted by molar-refractivity contribution is 7.89. The number of aryl methyl sites for hydroxylation is 1. The molecule has 0 aromatic heterocycles. The van der Waals surface area contributed by atoms with Gasteiger partial charge in [-0.05, 0) is 57.5 Å². The Labute approximate surface area is 161 Å². The summed E-state index contributed by atoms with van der Waals surface area (Å²) in [5, 5.41) is 2.82. The molecule has 2 aromatic rings. The van der Waals surface area contributed by atoms with E-state index in [2.05, 4.69) is 10.0 Å². The first-order valence-electron chi connectivity index (χ1n) is 8.85. The molecule has 146 valence electrons. The summed E-state index contributed by atoms with van der Waals surface area (Å²) in [6.07, 6.45) is 0. The first-order valence-corrected chi connectivity index (χ1v) is 10.3. The van der Waals surface area contributed by atoms with Crippen molar-refractivity contribution in [2.75, 3.05) is 6.61 Å². The van der Waals surface area contributed by atoms with Crippen molar-refractivity contribution >= 4 is 15.9 Å². The van der Waals surface area contributed by atoms with Crippen LogP contribution in [0.2, 0.25) is 0 Å². The van der Waals surface area contributed by atoms with Gasteiger partial charge >= 0.3 is 0 Å². The molecule has 2 rings (SSSR count). The summed E-state index contributed by atoms with van der Waals surface area (Å²) in [7, 11) is -3.76. The third-order valence-corrected chi connectivity index (χ3v) is 5.66. The average molecular weight is 391 g/mol. The Kier molecular flexibility index (Phi) is 6.98. The molecule has 2 atom stereocenters. The van der Waals surface area contributed by atoms with Crippen molar-refractivity contribution < 1.29 is 17.9 Å². The van der Waals surface area contributed by atoms with Gasteiger partial charge < -0.3 is 10.1 Å². The SMILES string of the molecule is CCOc1ccc(C(C)NC(=O)C(C)NS(=O)(=O)c2ccc(C)cc2)cc1. The fourth-order valence-electron chi connectivity index (χ4n) is 2.51. The molecule has 0 bridgehead atoms. The summed E-state index contributed by atoms with van der Waals surface area (Å²) in [5.41, 5.74) is 1.87. The maximum atomic E-state index is 12.4. The highest BCUT2D eigenvalue weighted by Gasteiger charge is 2.23. The number of rotatable bonds is 8. The molecule has 0 radical (unpaired) electrons. The fraction of sp³-hybridized carbons (Fsp3) is 0.350. The minimum absolute atomic E-state index is 0.132. The Bertz CT molecular complexity index is 862. The zero-order valence-electron chi connectivity index (χ0n) is 16.0. The number of carbonyl (C=O) groups is 1. The van der Waals surface area contributed by atoms with E-state index < -0.39 is 22.0 Å². The third-order valence-electron chi connectivity index (χ3n) is 4.11. The van der Waals surface area contributed by atoms with E-state index in [0.29, 0.717) is 6.61 Å². The van der Waals surface area contributed by atoms with Crippen molar-refractivity contribution in [1.29, 1.82) is 0 Å². The number of hydrogen-bond acceptors (Lipinski definition) is 4. The third kappa shape index (κ3) is 5.80. The van der Waals surface area contributed by atoms with Gasteiger partial charge in [0, 0.05) is 0 Å². The lowest BCUT2D eigenvalue weighted by Gasteiger charge is -2.19. The molecule has 7 heteroatoms. The zero-order chi connectivity index (χ0) is 20.0. The van der Waals surface area contributed by atoms with Gasteiger partial charge in [0.2, 0.25) is 15.9 Å². The zero-order valence-corrected chi connectivity index (χ0v) is 16.8. The normalized spacial score (nSPS) is 13.6. The van der Waals surface area contributed by atoms with Crippen molar-refractivity contribution in [3.63, 3.8) is 0 Å². The van der Waals surface area contributed by atoms with Crippen LogP contribution in [0.1, 0.15) is 37.9 Å². The Hall–Kier alpha value is -2.38. The van der Waals surface area contributed by atoms with Crippen molar-refractivity contribution in [2.24, 2.45) is 0 Å². The molecule has 0 spiro atoms. The molecule has 0 aliphatic carbocycles. The van der Waals surface area contributed by atoms with Crippen LogP contribution in [0.3, 0.4) is 0 Å². The van der Waals surface area contributed by atoms with Crippen LogP contribution in [0.15, 0.2) is 53.4 Å². The molecule has 0 saturated heterocycles. The Morgan fingerprint density at radius 1 is 1.04 bits per heavy atom. The summed E-state index contributed by atoms with van der Waals surface area (Å²) in [4.78, 5) is 12.5. The molecule has 0 fully saturated rings. The first kappa shape index (κ1) is 20.9. The predicted octanol–water partition coefficient (Wildman–Crippen LogP) is 2.94. The van der Waals surface area contributed by atoms with Crippen LogP contribution in [-0.4, -0.2) is 27.0 Å². The number of ether oxygens (including phenoxy) is 1. The number of benzene rings is 2. The molecule has 0 heterocycles. The fourth-order valence-corrected chi connectivity index (χ4v) is 3.72. The average Bonchev–Trinajstić information content (AvgIpc) is 2.62. The Balaban J connectivity index is 1.98. The maximum Gasteiger partial charge on any atom is 0.241 e. The summed E-state index contributed by atoms with van der Waals surface area (Å²) < 4.78 is 32.6.